The molecule has 0 bridgehead atoms. The normalized spacial score (nSPS) is 11.6. The molecule has 0 aliphatic heterocycles. The fourth-order valence-electron chi connectivity index (χ4n) is 6.36. The van der Waals surface area contributed by atoms with Gasteiger partial charge in [0.15, 0.2) is 11.6 Å². The largest absolute Gasteiger partial charge is 0.309 e. The van der Waals surface area contributed by atoms with E-state index >= 15 is 0 Å². The number of benzene rings is 6. The zero-order valence-electron chi connectivity index (χ0n) is 23.6. The molecule has 5 heteroatoms. The Morgan fingerprint density at radius 1 is 0.477 bits per heavy atom. The highest BCUT2D eigenvalue weighted by atomic mass is 32.1. The van der Waals surface area contributed by atoms with Gasteiger partial charge in [-0.15, -0.1) is 11.3 Å². The smallest absolute Gasteiger partial charge is 0.163 e. The van der Waals surface area contributed by atoms with Crippen LogP contribution in [-0.4, -0.2) is 19.5 Å². The van der Waals surface area contributed by atoms with Crippen LogP contribution in [0.2, 0.25) is 0 Å². The average Bonchev–Trinajstić information content (AvgIpc) is 3.65. The fourth-order valence-corrected chi connectivity index (χ4v) is 7.75. The second kappa shape index (κ2) is 9.97. The van der Waals surface area contributed by atoms with Gasteiger partial charge in [-0.05, 0) is 35.4 Å². The van der Waals surface area contributed by atoms with Crippen molar-refractivity contribution in [2.45, 2.75) is 0 Å². The van der Waals surface area contributed by atoms with Gasteiger partial charge in [-0.1, -0.05) is 115 Å². The summed E-state index contributed by atoms with van der Waals surface area (Å²) < 4.78 is 4.99. The van der Waals surface area contributed by atoms with E-state index in [1.165, 1.54) is 47.6 Å². The van der Waals surface area contributed by atoms with Crippen molar-refractivity contribution >= 4 is 53.3 Å². The lowest BCUT2D eigenvalue weighted by molar-refractivity contribution is 1.06. The van der Waals surface area contributed by atoms with Crippen LogP contribution >= 0.6 is 11.3 Å². The van der Waals surface area contributed by atoms with Gasteiger partial charge >= 0.3 is 0 Å². The Kier molecular flexibility index (Phi) is 5.64. The molecular formula is C39H24N4S. The van der Waals surface area contributed by atoms with Crippen LogP contribution in [0.1, 0.15) is 0 Å². The molecule has 4 nitrogen and oxygen atoms in total. The lowest BCUT2D eigenvalue weighted by Gasteiger charge is -2.09. The van der Waals surface area contributed by atoms with Gasteiger partial charge in [-0.2, -0.15) is 0 Å². The Morgan fingerprint density at radius 3 is 1.91 bits per heavy atom. The highest BCUT2D eigenvalue weighted by Gasteiger charge is 2.20. The second-order valence-corrected chi connectivity index (χ2v) is 11.9. The fraction of sp³-hybridized carbons (Fsp3) is 0. The molecule has 0 radical (unpaired) electrons. The van der Waals surface area contributed by atoms with Crippen molar-refractivity contribution in [2.24, 2.45) is 0 Å². The molecule has 0 N–H and O–H groups in total. The first kappa shape index (κ1) is 24.9. The minimum absolute atomic E-state index is 0.658. The van der Waals surface area contributed by atoms with Crippen molar-refractivity contribution in [2.75, 3.05) is 0 Å². The molecule has 44 heavy (non-hydrogen) atoms. The summed E-state index contributed by atoms with van der Waals surface area (Å²) in [5.41, 5.74) is 7.87. The van der Waals surface area contributed by atoms with E-state index in [4.69, 9.17) is 4.98 Å². The standard InChI is InChI=1S/C39H24N4S/c1-4-11-25(12-5-1)29-17-10-18-30-31-21-22-33-35(37(31)44-36(29)30)32-20-19-27(23-34(32)43(33)28-15-8-3-9-16-28)39-41-24-40-38(42-39)26-13-6-2-7-14-26/h1-24H. The number of rotatable bonds is 4. The summed E-state index contributed by atoms with van der Waals surface area (Å²) in [5.74, 6) is 1.32. The Balaban J connectivity index is 1.33. The van der Waals surface area contributed by atoms with Gasteiger partial charge in [0.05, 0.1) is 11.0 Å². The minimum atomic E-state index is 0.658. The molecule has 0 fully saturated rings. The minimum Gasteiger partial charge on any atom is -0.309 e. The van der Waals surface area contributed by atoms with Gasteiger partial charge in [0.25, 0.3) is 0 Å². The molecule has 0 aliphatic carbocycles. The molecule has 0 spiro atoms. The van der Waals surface area contributed by atoms with E-state index in [-0.39, 0.29) is 0 Å². The first-order valence-corrected chi connectivity index (χ1v) is 15.4. The molecular weight excluding hydrogens is 557 g/mol. The van der Waals surface area contributed by atoms with Gasteiger partial charge < -0.3 is 4.57 Å². The Hall–Kier alpha value is -5.65. The summed E-state index contributed by atoms with van der Waals surface area (Å²) in [6.07, 6.45) is 1.60. The van der Waals surface area contributed by atoms with E-state index in [2.05, 4.69) is 124 Å². The first-order valence-electron chi connectivity index (χ1n) is 14.6. The zero-order chi connectivity index (χ0) is 29.0. The summed E-state index contributed by atoms with van der Waals surface area (Å²) in [6.45, 7) is 0. The summed E-state index contributed by atoms with van der Waals surface area (Å²) in [5, 5.41) is 5.07. The third kappa shape index (κ3) is 3.87. The molecule has 0 unspecified atom stereocenters. The molecule has 9 aromatic rings. The summed E-state index contributed by atoms with van der Waals surface area (Å²) in [7, 11) is 0. The van der Waals surface area contributed by atoms with E-state index in [1.807, 2.05) is 41.7 Å². The number of fused-ring (bicyclic) bond motifs is 7. The molecule has 0 amide bonds. The van der Waals surface area contributed by atoms with Crippen LogP contribution in [-0.2, 0) is 0 Å². The van der Waals surface area contributed by atoms with E-state index < -0.39 is 0 Å². The van der Waals surface area contributed by atoms with Crippen LogP contribution in [0, 0.1) is 0 Å². The van der Waals surface area contributed by atoms with Gasteiger partial charge in [0.2, 0.25) is 0 Å². The predicted molar refractivity (Wildman–Crippen MR) is 183 cm³/mol. The molecule has 0 atom stereocenters. The predicted octanol–water partition coefficient (Wildman–Crippen LogP) is 10.3. The number of hydrogen-bond donors (Lipinski definition) is 0. The summed E-state index contributed by atoms with van der Waals surface area (Å²) >= 11 is 1.89. The SMILES string of the molecule is c1ccc(-c2ncnc(-c3ccc4c5c6sc7c(-c8ccccc8)cccc7c6ccc5n(-c5ccccc5)c4c3)n2)cc1. The molecule has 0 aliphatic rings. The number of aromatic nitrogens is 4. The third-order valence-corrected chi connectivity index (χ3v) is 9.63. The Morgan fingerprint density at radius 2 is 1.14 bits per heavy atom. The molecule has 9 rings (SSSR count). The van der Waals surface area contributed by atoms with Crippen LogP contribution in [0.4, 0.5) is 0 Å². The Labute approximate surface area is 257 Å². The van der Waals surface area contributed by atoms with Gasteiger partial charge in [0, 0.05) is 47.8 Å². The van der Waals surface area contributed by atoms with E-state index in [9.17, 15) is 0 Å². The average molecular weight is 581 g/mol. The molecule has 206 valence electrons. The summed E-state index contributed by atoms with van der Waals surface area (Å²) in [6, 6.07) is 49.2. The lowest BCUT2D eigenvalue weighted by Crippen LogP contribution is -1.96. The van der Waals surface area contributed by atoms with Crippen molar-refractivity contribution in [3.8, 4) is 39.6 Å². The second-order valence-electron chi connectivity index (χ2n) is 10.9. The monoisotopic (exact) mass is 580 g/mol. The Bertz CT molecular complexity index is 2480. The van der Waals surface area contributed by atoms with Crippen molar-refractivity contribution in [3.63, 3.8) is 0 Å². The molecule has 6 aromatic carbocycles. The van der Waals surface area contributed by atoms with E-state index in [1.54, 1.807) is 6.33 Å². The third-order valence-electron chi connectivity index (χ3n) is 8.36. The van der Waals surface area contributed by atoms with Crippen LogP contribution < -0.4 is 0 Å². The number of nitrogens with zero attached hydrogens (tertiary/aromatic N) is 4. The lowest BCUT2D eigenvalue weighted by atomic mass is 10.0. The van der Waals surface area contributed by atoms with Crippen molar-refractivity contribution in [1.82, 2.24) is 19.5 Å². The van der Waals surface area contributed by atoms with E-state index in [0.717, 1.165) is 22.3 Å². The van der Waals surface area contributed by atoms with Crippen molar-refractivity contribution < 1.29 is 0 Å². The maximum atomic E-state index is 4.86. The molecule has 3 heterocycles. The number of para-hydroxylation sites is 1. The highest BCUT2D eigenvalue weighted by molar-refractivity contribution is 7.27. The first-order chi connectivity index (χ1) is 21.8. The van der Waals surface area contributed by atoms with Gasteiger partial charge in [0.1, 0.15) is 6.33 Å². The molecule has 0 saturated carbocycles. The quantitative estimate of drug-likeness (QED) is 0.208. The maximum Gasteiger partial charge on any atom is 0.163 e. The van der Waals surface area contributed by atoms with Crippen molar-refractivity contribution in [1.29, 1.82) is 0 Å². The van der Waals surface area contributed by atoms with Crippen molar-refractivity contribution in [3.05, 3.63) is 146 Å². The van der Waals surface area contributed by atoms with Crippen LogP contribution in [0.5, 0.6) is 0 Å². The van der Waals surface area contributed by atoms with Crippen LogP contribution in [0.15, 0.2) is 146 Å². The number of hydrogen-bond acceptors (Lipinski definition) is 4. The molecule has 0 saturated heterocycles. The summed E-state index contributed by atoms with van der Waals surface area (Å²) in [4.78, 5) is 13.9. The van der Waals surface area contributed by atoms with Gasteiger partial charge in [-0.3, -0.25) is 0 Å². The number of thiophene rings is 1. The van der Waals surface area contributed by atoms with Crippen LogP contribution in [0.25, 0.3) is 81.6 Å². The van der Waals surface area contributed by atoms with Gasteiger partial charge in [-0.25, -0.2) is 15.0 Å². The topological polar surface area (TPSA) is 43.6 Å². The van der Waals surface area contributed by atoms with Crippen LogP contribution in [0.3, 0.4) is 0 Å². The maximum absolute atomic E-state index is 4.86. The van der Waals surface area contributed by atoms with E-state index in [0.29, 0.717) is 11.6 Å². The molecule has 3 aromatic heterocycles. The highest BCUT2D eigenvalue weighted by Crippen LogP contribution is 2.46. The zero-order valence-corrected chi connectivity index (χ0v) is 24.4.